The molecule has 4 rings (SSSR count). The zero-order valence-electron chi connectivity index (χ0n) is 11.3. The summed E-state index contributed by atoms with van der Waals surface area (Å²) in [4.78, 5) is 17.2. The van der Waals surface area contributed by atoms with E-state index in [9.17, 15) is 4.79 Å². The molecule has 2 saturated heterocycles. The lowest BCUT2D eigenvalue weighted by Crippen LogP contribution is -2.43. The van der Waals surface area contributed by atoms with Crippen LogP contribution in [0.4, 0.5) is 0 Å². The minimum absolute atomic E-state index is 0.122. The van der Waals surface area contributed by atoms with Gasteiger partial charge in [-0.2, -0.15) is 5.26 Å². The maximum absolute atomic E-state index is 12.3. The number of pyridine rings is 1. The molecule has 2 N–H and O–H groups in total. The number of carbonyl (C=O) groups is 1. The molecule has 0 saturated carbocycles. The van der Waals surface area contributed by atoms with Crippen LogP contribution in [0.2, 0.25) is 0 Å². The molecule has 4 heterocycles. The van der Waals surface area contributed by atoms with Crippen LogP contribution in [0.5, 0.6) is 0 Å². The van der Waals surface area contributed by atoms with Crippen molar-refractivity contribution in [3.05, 3.63) is 28.9 Å². The van der Waals surface area contributed by atoms with Crippen molar-refractivity contribution >= 4 is 27.3 Å². The molecule has 3 atom stereocenters. The Balaban J connectivity index is 1.55. The number of carbonyl (C=O) groups excluding carboxylic acids is 1. The highest BCUT2D eigenvalue weighted by molar-refractivity contribution is 7.19. The summed E-state index contributed by atoms with van der Waals surface area (Å²) in [7, 11) is 0. The standard InChI is InChI=1S/C15H14N4OS/c16-6-10-3-8-7-17-13(5-14(8)21-10)15(20)19-12-4-9-1-2-11(12)18-9/h3,5,7,9,11-12,18H,1-2,4H2,(H,19,20)/t9-,11+,12-/m1/s1. The highest BCUT2D eigenvalue weighted by atomic mass is 32.1. The fourth-order valence-corrected chi connectivity index (χ4v) is 4.21. The number of nitrogens with zero attached hydrogens (tertiary/aromatic N) is 2. The highest BCUT2D eigenvalue weighted by Gasteiger charge is 2.39. The molecular formula is C15H14N4OS. The molecule has 0 spiro atoms. The Kier molecular flexibility index (Phi) is 2.91. The summed E-state index contributed by atoms with van der Waals surface area (Å²) >= 11 is 1.39. The van der Waals surface area contributed by atoms with E-state index in [1.54, 1.807) is 18.3 Å². The van der Waals surface area contributed by atoms with E-state index in [4.69, 9.17) is 5.26 Å². The fraction of sp³-hybridized carbons (Fsp3) is 0.400. The molecule has 0 aromatic carbocycles. The number of nitrogens with one attached hydrogen (secondary N) is 2. The molecule has 2 aliphatic heterocycles. The summed E-state index contributed by atoms with van der Waals surface area (Å²) in [5, 5.41) is 16.4. The number of aromatic nitrogens is 1. The number of thiophene rings is 1. The van der Waals surface area contributed by atoms with Crippen LogP contribution < -0.4 is 10.6 Å². The second-order valence-electron chi connectivity index (χ2n) is 5.69. The molecule has 106 valence electrons. The normalized spacial score (nSPS) is 26.9. The minimum Gasteiger partial charge on any atom is -0.346 e. The third-order valence-electron chi connectivity index (χ3n) is 4.36. The molecule has 1 amide bonds. The van der Waals surface area contributed by atoms with Crippen molar-refractivity contribution < 1.29 is 4.79 Å². The lowest BCUT2D eigenvalue weighted by Gasteiger charge is -2.21. The monoisotopic (exact) mass is 298 g/mol. The first-order valence-electron chi connectivity index (χ1n) is 7.09. The van der Waals surface area contributed by atoms with E-state index >= 15 is 0 Å². The lowest BCUT2D eigenvalue weighted by atomic mass is 9.95. The van der Waals surface area contributed by atoms with E-state index in [0.717, 1.165) is 22.9 Å². The average molecular weight is 298 g/mol. The first kappa shape index (κ1) is 12.7. The van der Waals surface area contributed by atoms with Crippen LogP contribution in [0.15, 0.2) is 18.3 Å². The first-order valence-corrected chi connectivity index (χ1v) is 7.91. The van der Waals surface area contributed by atoms with Crippen LogP contribution in [0.1, 0.15) is 34.6 Å². The van der Waals surface area contributed by atoms with Crippen LogP contribution in [-0.2, 0) is 0 Å². The zero-order chi connectivity index (χ0) is 14.4. The predicted molar refractivity (Wildman–Crippen MR) is 80.2 cm³/mol. The Bertz CT molecular complexity index is 763. The zero-order valence-corrected chi connectivity index (χ0v) is 12.1. The predicted octanol–water partition coefficient (Wildman–Crippen LogP) is 1.79. The molecule has 2 aromatic heterocycles. The molecule has 6 heteroatoms. The van der Waals surface area contributed by atoms with E-state index in [1.807, 2.05) is 0 Å². The van der Waals surface area contributed by atoms with E-state index < -0.39 is 0 Å². The first-order chi connectivity index (χ1) is 10.2. The molecular weight excluding hydrogens is 284 g/mol. The summed E-state index contributed by atoms with van der Waals surface area (Å²) in [6.07, 6.45) is 5.03. The van der Waals surface area contributed by atoms with Gasteiger partial charge in [0.1, 0.15) is 16.6 Å². The van der Waals surface area contributed by atoms with Gasteiger partial charge in [-0.15, -0.1) is 11.3 Å². The van der Waals surface area contributed by atoms with Crippen molar-refractivity contribution in [1.82, 2.24) is 15.6 Å². The van der Waals surface area contributed by atoms with Gasteiger partial charge in [0.25, 0.3) is 5.91 Å². The quantitative estimate of drug-likeness (QED) is 0.886. The number of rotatable bonds is 2. The Morgan fingerprint density at radius 1 is 1.48 bits per heavy atom. The van der Waals surface area contributed by atoms with Gasteiger partial charge in [0.2, 0.25) is 0 Å². The Morgan fingerprint density at radius 3 is 3.10 bits per heavy atom. The van der Waals surface area contributed by atoms with E-state index in [1.165, 1.54) is 17.8 Å². The van der Waals surface area contributed by atoms with E-state index in [0.29, 0.717) is 22.7 Å². The number of hydrogen-bond acceptors (Lipinski definition) is 5. The van der Waals surface area contributed by atoms with Gasteiger partial charge in [0, 0.05) is 34.4 Å². The third-order valence-corrected chi connectivity index (χ3v) is 5.36. The Morgan fingerprint density at radius 2 is 2.38 bits per heavy atom. The van der Waals surface area contributed by atoms with Crippen molar-refractivity contribution in [1.29, 1.82) is 5.26 Å². The summed E-state index contributed by atoms with van der Waals surface area (Å²) in [5.74, 6) is -0.122. The van der Waals surface area contributed by atoms with Crippen LogP contribution in [0.3, 0.4) is 0 Å². The van der Waals surface area contributed by atoms with Gasteiger partial charge in [0.15, 0.2) is 0 Å². The number of amides is 1. The molecule has 0 unspecified atom stereocenters. The second kappa shape index (κ2) is 4.79. The molecule has 2 bridgehead atoms. The lowest BCUT2D eigenvalue weighted by molar-refractivity contribution is 0.0926. The maximum Gasteiger partial charge on any atom is 0.270 e. The summed E-state index contributed by atoms with van der Waals surface area (Å²) in [5.41, 5.74) is 0.427. The number of nitriles is 1. The number of fused-ring (bicyclic) bond motifs is 3. The molecule has 0 radical (unpaired) electrons. The van der Waals surface area contributed by atoms with Crippen molar-refractivity contribution in [2.24, 2.45) is 0 Å². The van der Waals surface area contributed by atoms with Crippen LogP contribution in [0.25, 0.3) is 10.1 Å². The molecule has 5 nitrogen and oxygen atoms in total. The van der Waals surface area contributed by atoms with E-state index in [-0.39, 0.29) is 11.9 Å². The topological polar surface area (TPSA) is 77.8 Å². The molecule has 21 heavy (non-hydrogen) atoms. The van der Waals surface area contributed by atoms with Gasteiger partial charge in [-0.05, 0) is 31.4 Å². The van der Waals surface area contributed by atoms with Crippen molar-refractivity contribution in [2.45, 2.75) is 37.4 Å². The number of hydrogen-bond donors (Lipinski definition) is 2. The van der Waals surface area contributed by atoms with Gasteiger partial charge in [0.05, 0.1) is 0 Å². The summed E-state index contributed by atoms with van der Waals surface area (Å²) in [6.45, 7) is 0. The van der Waals surface area contributed by atoms with Gasteiger partial charge in [-0.1, -0.05) is 0 Å². The largest absolute Gasteiger partial charge is 0.346 e. The van der Waals surface area contributed by atoms with Crippen LogP contribution >= 0.6 is 11.3 Å². The maximum atomic E-state index is 12.3. The highest BCUT2D eigenvalue weighted by Crippen LogP contribution is 2.29. The Labute approximate surface area is 126 Å². The average Bonchev–Trinajstić information content (AvgIpc) is 3.20. The van der Waals surface area contributed by atoms with Crippen LogP contribution in [0, 0.1) is 11.3 Å². The molecule has 2 aliphatic rings. The van der Waals surface area contributed by atoms with Crippen molar-refractivity contribution in [2.75, 3.05) is 0 Å². The fourth-order valence-electron chi connectivity index (χ4n) is 3.34. The minimum atomic E-state index is -0.122. The smallest absolute Gasteiger partial charge is 0.270 e. The van der Waals surface area contributed by atoms with Crippen molar-refractivity contribution in [3.63, 3.8) is 0 Å². The van der Waals surface area contributed by atoms with Gasteiger partial charge < -0.3 is 10.6 Å². The summed E-state index contributed by atoms with van der Waals surface area (Å²) < 4.78 is 0.928. The SMILES string of the molecule is N#Cc1cc2cnc(C(=O)N[C@@H]3C[C@H]4CC[C@@H]3N4)cc2s1. The third kappa shape index (κ3) is 2.19. The van der Waals surface area contributed by atoms with Gasteiger partial charge >= 0.3 is 0 Å². The van der Waals surface area contributed by atoms with Gasteiger partial charge in [-0.25, -0.2) is 0 Å². The van der Waals surface area contributed by atoms with Crippen LogP contribution in [-0.4, -0.2) is 29.0 Å². The van der Waals surface area contributed by atoms with Crippen molar-refractivity contribution in [3.8, 4) is 6.07 Å². The molecule has 0 aliphatic carbocycles. The molecule has 2 aromatic rings. The van der Waals surface area contributed by atoms with Gasteiger partial charge in [-0.3, -0.25) is 9.78 Å². The molecule has 2 fully saturated rings. The Hall–Kier alpha value is -1.97. The second-order valence-corrected chi connectivity index (χ2v) is 6.78. The summed E-state index contributed by atoms with van der Waals surface area (Å²) in [6, 6.07) is 6.89. The van der Waals surface area contributed by atoms with E-state index in [2.05, 4.69) is 21.7 Å².